The molecule has 1 aromatic carbocycles. The molecule has 0 bridgehead atoms. The van der Waals surface area contributed by atoms with Gasteiger partial charge >= 0.3 is 5.97 Å². The molecule has 0 aliphatic heterocycles. The molecule has 3 aromatic rings. The molecule has 1 saturated carbocycles. The van der Waals surface area contributed by atoms with E-state index < -0.39 is 5.97 Å². The van der Waals surface area contributed by atoms with Gasteiger partial charge in [0, 0.05) is 23.9 Å². The number of aromatic nitrogens is 3. The van der Waals surface area contributed by atoms with Crippen molar-refractivity contribution in [1.29, 1.82) is 0 Å². The van der Waals surface area contributed by atoms with E-state index in [2.05, 4.69) is 22.1 Å². The standard InChI is InChI=1S/C26H29FN4O3S2/c1-3-13-31-21(14-17-7-5-4-6-8-17)29-30-26(31)36-16-22(32)28-24-23(25(33)34-2)20(15-35-24)18-9-11-19(27)12-10-18/h3,9-12,15,17H,1,4-8,13-14,16H2,2H3,(H,28,32). The number of amides is 1. The van der Waals surface area contributed by atoms with E-state index in [1.54, 1.807) is 17.5 Å². The van der Waals surface area contributed by atoms with Crippen LogP contribution in [0.2, 0.25) is 0 Å². The fourth-order valence-electron chi connectivity index (χ4n) is 4.43. The Morgan fingerprint density at radius 2 is 2.00 bits per heavy atom. The monoisotopic (exact) mass is 528 g/mol. The van der Waals surface area contributed by atoms with Gasteiger partial charge in [-0.05, 0) is 23.6 Å². The molecule has 7 nitrogen and oxygen atoms in total. The molecule has 10 heteroatoms. The van der Waals surface area contributed by atoms with Gasteiger partial charge in [0.05, 0.1) is 12.9 Å². The van der Waals surface area contributed by atoms with Crippen molar-refractivity contribution in [2.75, 3.05) is 18.2 Å². The minimum absolute atomic E-state index is 0.100. The molecule has 4 rings (SSSR count). The molecule has 1 amide bonds. The van der Waals surface area contributed by atoms with Crippen molar-refractivity contribution in [3.8, 4) is 11.1 Å². The number of halogens is 1. The number of anilines is 1. The zero-order chi connectivity index (χ0) is 25.5. The minimum atomic E-state index is -0.573. The van der Waals surface area contributed by atoms with E-state index in [9.17, 15) is 14.0 Å². The molecule has 1 fully saturated rings. The lowest BCUT2D eigenvalue weighted by Crippen LogP contribution is -2.17. The molecule has 0 saturated heterocycles. The van der Waals surface area contributed by atoms with E-state index in [4.69, 9.17) is 4.74 Å². The van der Waals surface area contributed by atoms with Crippen LogP contribution in [0.25, 0.3) is 11.1 Å². The number of ether oxygens (including phenoxy) is 1. The molecule has 36 heavy (non-hydrogen) atoms. The van der Waals surface area contributed by atoms with Crippen LogP contribution in [0.15, 0.2) is 47.5 Å². The molecule has 0 atom stereocenters. The zero-order valence-corrected chi connectivity index (χ0v) is 21.8. The number of thioether (sulfide) groups is 1. The first-order chi connectivity index (χ1) is 17.5. The van der Waals surface area contributed by atoms with E-state index in [0.29, 0.717) is 33.7 Å². The van der Waals surface area contributed by atoms with Crippen LogP contribution >= 0.6 is 23.1 Å². The molecule has 0 spiro atoms. The maximum atomic E-state index is 13.4. The Kier molecular flexibility index (Phi) is 8.93. The second-order valence-corrected chi connectivity index (χ2v) is 10.5. The van der Waals surface area contributed by atoms with Crippen molar-refractivity contribution in [3.63, 3.8) is 0 Å². The van der Waals surface area contributed by atoms with Crippen LogP contribution in [0.1, 0.15) is 48.3 Å². The molecule has 2 heterocycles. The Labute approximate surface area is 218 Å². The van der Waals surface area contributed by atoms with Crippen LogP contribution in [0.3, 0.4) is 0 Å². The molecule has 1 N–H and O–H groups in total. The number of rotatable bonds is 10. The van der Waals surface area contributed by atoms with Gasteiger partial charge in [-0.15, -0.1) is 28.1 Å². The van der Waals surface area contributed by atoms with E-state index in [-0.39, 0.29) is 23.0 Å². The van der Waals surface area contributed by atoms with Gasteiger partial charge in [-0.1, -0.05) is 62.1 Å². The van der Waals surface area contributed by atoms with Gasteiger partial charge in [0.25, 0.3) is 0 Å². The van der Waals surface area contributed by atoms with Crippen LogP contribution in [0.5, 0.6) is 0 Å². The first kappa shape index (κ1) is 26.1. The predicted molar refractivity (Wildman–Crippen MR) is 141 cm³/mol. The van der Waals surface area contributed by atoms with Crippen LogP contribution in [0, 0.1) is 11.7 Å². The largest absolute Gasteiger partial charge is 0.465 e. The lowest BCUT2D eigenvalue weighted by atomic mass is 9.87. The summed E-state index contributed by atoms with van der Waals surface area (Å²) in [5.74, 6) is 0.434. The van der Waals surface area contributed by atoms with Gasteiger partial charge in [-0.2, -0.15) is 0 Å². The van der Waals surface area contributed by atoms with Crippen molar-refractivity contribution in [2.45, 2.75) is 50.2 Å². The van der Waals surface area contributed by atoms with Crippen molar-refractivity contribution in [2.24, 2.45) is 5.92 Å². The smallest absolute Gasteiger partial charge is 0.341 e. The SMILES string of the molecule is C=CCn1c(CC2CCCCC2)nnc1SCC(=O)Nc1scc(-c2ccc(F)cc2)c1C(=O)OC. The predicted octanol–water partition coefficient (Wildman–Crippen LogP) is 5.97. The number of allylic oxidation sites excluding steroid dienone is 1. The number of thiophene rings is 1. The van der Waals surface area contributed by atoms with Crippen LogP contribution in [0.4, 0.5) is 9.39 Å². The number of carbonyl (C=O) groups is 2. The third-order valence-electron chi connectivity index (χ3n) is 6.22. The van der Waals surface area contributed by atoms with Gasteiger partial charge < -0.3 is 14.6 Å². The zero-order valence-electron chi connectivity index (χ0n) is 20.2. The number of hydrogen-bond acceptors (Lipinski definition) is 7. The Bertz CT molecular complexity index is 1220. The fourth-order valence-corrected chi connectivity index (χ4v) is 6.17. The fraction of sp³-hybridized carbons (Fsp3) is 0.385. The van der Waals surface area contributed by atoms with Gasteiger partial charge in [0.2, 0.25) is 5.91 Å². The lowest BCUT2D eigenvalue weighted by Gasteiger charge is -2.21. The average molecular weight is 529 g/mol. The summed E-state index contributed by atoms with van der Waals surface area (Å²) in [7, 11) is 1.28. The quantitative estimate of drug-likeness (QED) is 0.198. The van der Waals surface area contributed by atoms with Crippen LogP contribution in [-0.4, -0.2) is 39.5 Å². The molecule has 0 radical (unpaired) electrons. The summed E-state index contributed by atoms with van der Waals surface area (Å²) in [5.41, 5.74) is 1.48. The highest BCUT2D eigenvalue weighted by Crippen LogP contribution is 2.36. The number of nitrogens with zero attached hydrogens (tertiary/aromatic N) is 3. The summed E-state index contributed by atoms with van der Waals surface area (Å²) in [6, 6.07) is 5.82. The Balaban J connectivity index is 1.45. The Morgan fingerprint density at radius 1 is 1.25 bits per heavy atom. The molecule has 0 unspecified atom stereocenters. The average Bonchev–Trinajstić information content (AvgIpc) is 3.47. The molecule has 190 valence electrons. The maximum absolute atomic E-state index is 13.4. The summed E-state index contributed by atoms with van der Waals surface area (Å²) in [5, 5.41) is 14.4. The summed E-state index contributed by atoms with van der Waals surface area (Å²) < 4.78 is 20.3. The topological polar surface area (TPSA) is 86.1 Å². The number of esters is 1. The number of methoxy groups -OCH3 is 1. The molecule has 1 aliphatic rings. The molecule has 1 aliphatic carbocycles. The number of benzene rings is 1. The summed E-state index contributed by atoms with van der Waals surface area (Å²) in [6.07, 6.45) is 8.96. The Morgan fingerprint density at radius 3 is 2.69 bits per heavy atom. The summed E-state index contributed by atoms with van der Waals surface area (Å²) in [6.45, 7) is 4.43. The number of hydrogen-bond donors (Lipinski definition) is 1. The van der Waals surface area contributed by atoms with Gasteiger partial charge in [0.1, 0.15) is 22.2 Å². The molecular formula is C26H29FN4O3S2. The minimum Gasteiger partial charge on any atom is -0.465 e. The molecular weight excluding hydrogens is 499 g/mol. The van der Waals surface area contributed by atoms with Gasteiger partial charge in [0.15, 0.2) is 5.16 Å². The van der Waals surface area contributed by atoms with Crippen LogP contribution < -0.4 is 5.32 Å². The van der Waals surface area contributed by atoms with E-state index >= 15 is 0 Å². The first-order valence-corrected chi connectivity index (χ1v) is 13.8. The summed E-state index contributed by atoms with van der Waals surface area (Å²) >= 11 is 2.52. The summed E-state index contributed by atoms with van der Waals surface area (Å²) in [4.78, 5) is 25.4. The Hall–Kier alpha value is -2.98. The van der Waals surface area contributed by atoms with Crippen molar-refractivity contribution >= 4 is 40.0 Å². The third-order valence-corrected chi connectivity index (χ3v) is 8.08. The van der Waals surface area contributed by atoms with E-state index in [1.807, 2.05) is 10.6 Å². The third kappa shape index (κ3) is 6.22. The van der Waals surface area contributed by atoms with Crippen molar-refractivity contribution in [1.82, 2.24) is 14.8 Å². The van der Waals surface area contributed by atoms with Gasteiger partial charge in [-0.25, -0.2) is 9.18 Å². The molecule has 2 aromatic heterocycles. The van der Waals surface area contributed by atoms with E-state index in [0.717, 1.165) is 12.2 Å². The van der Waals surface area contributed by atoms with Crippen molar-refractivity contribution in [3.05, 3.63) is 59.5 Å². The second-order valence-electron chi connectivity index (χ2n) is 8.70. The maximum Gasteiger partial charge on any atom is 0.341 e. The van der Waals surface area contributed by atoms with Crippen molar-refractivity contribution < 1.29 is 18.7 Å². The lowest BCUT2D eigenvalue weighted by molar-refractivity contribution is -0.113. The second kappa shape index (κ2) is 12.3. The number of carbonyl (C=O) groups excluding carboxylic acids is 2. The van der Waals surface area contributed by atoms with E-state index in [1.165, 1.54) is 74.4 Å². The highest BCUT2D eigenvalue weighted by molar-refractivity contribution is 7.99. The normalized spacial score (nSPS) is 13.9. The number of nitrogens with one attached hydrogen (secondary N) is 1. The first-order valence-electron chi connectivity index (χ1n) is 11.9. The van der Waals surface area contributed by atoms with Crippen LogP contribution in [-0.2, 0) is 22.5 Å². The highest BCUT2D eigenvalue weighted by atomic mass is 32.2. The highest BCUT2D eigenvalue weighted by Gasteiger charge is 2.23. The van der Waals surface area contributed by atoms with Gasteiger partial charge in [-0.3, -0.25) is 4.79 Å².